The first kappa shape index (κ1) is 25.5. The molecule has 2 N–H and O–H groups in total. The number of amides is 1. The summed E-state index contributed by atoms with van der Waals surface area (Å²) >= 11 is 1.44. The number of thioether (sulfide) groups is 1. The molecule has 0 radical (unpaired) electrons. The third-order valence-electron chi connectivity index (χ3n) is 6.19. The third kappa shape index (κ3) is 6.77. The van der Waals surface area contributed by atoms with E-state index < -0.39 is 12.4 Å². The first-order valence-electron chi connectivity index (χ1n) is 11.5. The molecule has 0 aliphatic carbocycles. The van der Waals surface area contributed by atoms with E-state index in [4.69, 9.17) is 10.5 Å². The molecule has 6 nitrogen and oxygen atoms in total. The summed E-state index contributed by atoms with van der Waals surface area (Å²) in [6, 6.07) is 9.95. The smallest absolute Gasteiger partial charge is 0.406 e. The predicted molar refractivity (Wildman–Crippen MR) is 127 cm³/mol. The number of halogens is 3. The Labute approximate surface area is 205 Å². The second-order valence-electron chi connectivity index (χ2n) is 8.73. The molecule has 0 spiro atoms. The van der Waals surface area contributed by atoms with Crippen molar-refractivity contribution in [3.8, 4) is 5.75 Å². The molecule has 0 unspecified atom stereocenters. The number of nitrogens with zero attached hydrogens (tertiary/aromatic N) is 1. The van der Waals surface area contributed by atoms with Crippen LogP contribution in [0.1, 0.15) is 41.6 Å². The van der Waals surface area contributed by atoms with E-state index in [1.807, 2.05) is 6.07 Å². The van der Waals surface area contributed by atoms with Crippen molar-refractivity contribution in [2.75, 3.05) is 23.9 Å². The van der Waals surface area contributed by atoms with Crippen LogP contribution >= 0.6 is 11.8 Å². The van der Waals surface area contributed by atoms with Gasteiger partial charge in [-0.3, -0.25) is 9.59 Å². The lowest BCUT2D eigenvalue weighted by molar-refractivity contribution is -0.274. The molecule has 1 fully saturated rings. The van der Waals surface area contributed by atoms with Crippen LogP contribution in [-0.2, 0) is 16.1 Å². The van der Waals surface area contributed by atoms with Gasteiger partial charge >= 0.3 is 6.36 Å². The van der Waals surface area contributed by atoms with E-state index in [1.54, 1.807) is 12.1 Å². The van der Waals surface area contributed by atoms with Gasteiger partial charge in [0.2, 0.25) is 5.91 Å². The van der Waals surface area contributed by atoms with E-state index in [-0.39, 0.29) is 24.0 Å². The lowest BCUT2D eigenvalue weighted by atomic mass is 9.92. The summed E-state index contributed by atoms with van der Waals surface area (Å²) in [6.45, 7) is 1.57. The molecule has 1 atom stereocenters. The highest BCUT2D eigenvalue weighted by molar-refractivity contribution is 7.99. The number of fused-ring (bicyclic) bond motifs is 1. The summed E-state index contributed by atoms with van der Waals surface area (Å²) in [7, 11) is 0. The average Bonchev–Trinajstić information content (AvgIpc) is 2.95. The highest BCUT2D eigenvalue weighted by Gasteiger charge is 2.32. The molecule has 2 aliphatic heterocycles. The summed E-state index contributed by atoms with van der Waals surface area (Å²) in [5.41, 5.74) is 7.81. The van der Waals surface area contributed by atoms with Crippen LogP contribution in [0, 0.1) is 5.92 Å². The van der Waals surface area contributed by atoms with Crippen molar-refractivity contribution < 1.29 is 32.2 Å². The van der Waals surface area contributed by atoms with Gasteiger partial charge in [0.15, 0.2) is 5.78 Å². The zero-order valence-corrected chi connectivity index (χ0v) is 19.9. The van der Waals surface area contributed by atoms with E-state index in [0.717, 1.165) is 37.4 Å². The molecule has 35 heavy (non-hydrogen) atoms. The molecule has 1 amide bonds. The fourth-order valence-corrected chi connectivity index (χ4v) is 5.23. The molecule has 0 aromatic heterocycles. The van der Waals surface area contributed by atoms with Crippen LogP contribution in [0.4, 0.5) is 18.9 Å². The van der Waals surface area contributed by atoms with Gasteiger partial charge in [-0.2, -0.15) is 0 Å². The SMILES string of the molecule is N[C@H]1CSc2ccc(C(=O)CCC3CCOCC3)cc2N(Cc2ccc(OC(F)(F)F)cc2)C1=O. The molecule has 10 heteroatoms. The number of Topliss-reactive ketones (excluding diaryl/α,β-unsaturated/α-hetero) is 1. The van der Waals surface area contributed by atoms with Gasteiger partial charge in [0.1, 0.15) is 5.75 Å². The minimum absolute atomic E-state index is 0.0129. The monoisotopic (exact) mass is 508 g/mol. The first-order chi connectivity index (χ1) is 16.7. The number of hydrogen-bond acceptors (Lipinski definition) is 6. The molecule has 2 aromatic rings. The quantitative estimate of drug-likeness (QED) is 0.534. The Balaban J connectivity index is 1.53. The highest BCUT2D eigenvalue weighted by atomic mass is 32.2. The zero-order chi connectivity index (χ0) is 25.0. The maximum Gasteiger partial charge on any atom is 0.573 e. The molecule has 2 aliphatic rings. The Morgan fingerprint density at radius 3 is 2.54 bits per heavy atom. The number of nitrogens with two attached hydrogens (primary N) is 1. The van der Waals surface area contributed by atoms with Crippen LogP contribution < -0.4 is 15.4 Å². The highest BCUT2D eigenvalue weighted by Crippen LogP contribution is 2.36. The minimum atomic E-state index is -4.78. The van der Waals surface area contributed by atoms with Crippen molar-refractivity contribution in [1.29, 1.82) is 0 Å². The van der Waals surface area contributed by atoms with Crippen LogP contribution in [0.15, 0.2) is 47.4 Å². The summed E-state index contributed by atoms with van der Waals surface area (Å²) < 4.78 is 46.7. The molecular weight excluding hydrogens is 481 g/mol. The Morgan fingerprint density at radius 2 is 1.86 bits per heavy atom. The Bertz CT molecular complexity index is 1060. The van der Waals surface area contributed by atoms with E-state index in [9.17, 15) is 22.8 Å². The topological polar surface area (TPSA) is 81.9 Å². The number of rotatable bonds is 7. The molecule has 0 saturated carbocycles. The summed E-state index contributed by atoms with van der Waals surface area (Å²) in [6.07, 6.45) is -1.64. The molecule has 1 saturated heterocycles. The minimum Gasteiger partial charge on any atom is -0.406 e. The molecule has 188 valence electrons. The first-order valence-corrected chi connectivity index (χ1v) is 12.5. The molecule has 4 rings (SSSR count). The van der Waals surface area contributed by atoms with Crippen LogP contribution in [0.3, 0.4) is 0 Å². The Morgan fingerprint density at radius 1 is 1.14 bits per heavy atom. The van der Waals surface area contributed by atoms with Crippen molar-refractivity contribution in [3.63, 3.8) is 0 Å². The van der Waals surface area contributed by atoms with Crippen LogP contribution in [0.2, 0.25) is 0 Å². The van der Waals surface area contributed by atoms with E-state index in [1.165, 1.54) is 40.9 Å². The van der Waals surface area contributed by atoms with E-state index >= 15 is 0 Å². The maximum absolute atomic E-state index is 13.1. The van der Waals surface area contributed by atoms with Crippen LogP contribution in [-0.4, -0.2) is 43.1 Å². The maximum atomic E-state index is 13.1. The lowest BCUT2D eigenvalue weighted by Crippen LogP contribution is -2.44. The summed E-state index contributed by atoms with van der Waals surface area (Å²) in [5, 5.41) is 0. The second kappa shape index (κ2) is 11.0. The van der Waals surface area contributed by atoms with Crippen molar-refractivity contribution >= 4 is 29.1 Å². The Hall–Kier alpha value is -2.56. The average molecular weight is 509 g/mol. The van der Waals surface area contributed by atoms with Gasteiger partial charge in [-0.05, 0) is 55.0 Å². The number of ether oxygens (including phenoxy) is 2. The normalized spacial score (nSPS) is 19.3. The van der Waals surface area contributed by atoms with Gasteiger partial charge in [-0.1, -0.05) is 18.2 Å². The van der Waals surface area contributed by atoms with Gasteiger partial charge in [0, 0.05) is 35.8 Å². The van der Waals surface area contributed by atoms with Gasteiger partial charge < -0.3 is 20.1 Å². The number of anilines is 1. The molecule has 2 heterocycles. The molecule has 0 bridgehead atoms. The van der Waals surface area contributed by atoms with Gasteiger partial charge in [-0.15, -0.1) is 24.9 Å². The molecule has 2 aromatic carbocycles. The van der Waals surface area contributed by atoms with Gasteiger partial charge in [-0.25, -0.2) is 0 Å². The standard InChI is InChI=1S/C25H27F3N2O4S/c26-25(27,28)34-19-5-1-17(2-6-19)14-30-21-13-18(4-8-23(21)35-15-20(29)24(30)32)22(31)7-3-16-9-11-33-12-10-16/h1-2,4-6,8,13,16,20H,3,7,9-12,14-15,29H2/t20-/m0/s1. The van der Waals surface area contributed by atoms with Crippen LogP contribution in [0.5, 0.6) is 5.75 Å². The van der Waals surface area contributed by atoms with E-state index in [0.29, 0.717) is 34.9 Å². The number of benzene rings is 2. The van der Waals surface area contributed by atoms with Crippen LogP contribution in [0.25, 0.3) is 0 Å². The zero-order valence-electron chi connectivity index (χ0n) is 19.1. The van der Waals surface area contributed by atoms with Gasteiger partial charge in [0.25, 0.3) is 0 Å². The summed E-state index contributed by atoms with van der Waals surface area (Å²) in [4.78, 5) is 28.4. The fourth-order valence-electron chi connectivity index (χ4n) is 4.25. The number of carbonyl (C=O) groups excluding carboxylic acids is 2. The third-order valence-corrected chi connectivity index (χ3v) is 7.37. The summed E-state index contributed by atoms with van der Waals surface area (Å²) in [5.74, 6) is 0.230. The van der Waals surface area contributed by atoms with Crippen molar-refractivity contribution in [1.82, 2.24) is 0 Å². The lowest BCUT2D eigenvalue weighted by Gasteiger charge is -2.25. The van der Waals surface area contributed by atoms with Crippen molar-refractivity contribution in [3.05, 3.63) is 53.6 Å². The van der Waals surface area contributed by atoms with Gasteiger partial charge in [0.05, 0.1) is 18.3 Å². The molecular formula is C25H27F3N2O4S. The van der Waals surface area contributed by atoms with Crippen molar-refractivity contribution in [2.24, 2.45) is 11.7 Å². The van der Waals surface area contributed by atoms with Crippen molar-refractivity contribution in [2.45, 2.75) is 49.5 Å². The van der Waals surface area contributed by atoms with E-state index in [2.05, 4.69) is 4.74 Å². The predicted octanol–water partition coefficient (Wildman–Crippen LogP) is 4.94. The fraction of sp³-hybridized carbons (Fsp3) is 0.440. The number of carbonyl (C=O) groups is 2. The second-order valence-corrected chi connectivity index (χ2v) is 9.80. The number of alkyl halides is 3. The Kier molecular flexibility index (Phi) is 8.03. The number of hydrogen-bond donors (Lipinski definition) is 1. The largest absolute Gasteiger partial charge is 0.573 e. The number of ketones is 1.